The molecule has 0 aromatic carbocycles. The summed E-state index contributed by atoms with van der Waals surface area (Å²) in [7, 11) is 0. The SMILES string of the molecule is CC(C)CC(=O)N1CCC([N+](N)([O-])CCN2C(C#N)CSC2OC(=O)C(F)(F)F)CC1. The number of nitrogens with two attached hydrogens (primary N) is 1. The molecule has 2 N–H and O–H groups in total. The molecule has 13 heteroatoms. The van der Waals surface area contributed by atoms with Crippen molar-refractivity contribution in [2.45, 2.75) is 56.9 Å². The first-order valence-corrected chi connectivity index (χ1v) is 11.1. The third-order valence-corrected chi connectivity index (χ3v) is 6.54. The van der Waals surface area contributed by atoms with Crippen LogP contribution in [0.4, 0.5) is 13.2 Å². The fraction of sp³-hybridized carbons (Fsp3) is 0.833. The van der Waals surface area contributed by atoms with Crippen molar-refractivity contribution in [3.8, 4) is 6.07 Å². The Balaban J connectivity index is 1.92. The van der Waals surface area contributed by atoms with Crippen LogP contribution < -0.4 is 5.84 Å². The molecule has 2 rings (SSSR count). The van der Waals surface area contributed by atoms with Crippen LogP contribution >= 0.6 is 11.8 Å². The molecular formula is C18H28F3N5O4S. The van der Waals surface area contributed by atoms with Crippen LogP contribution in [0.2, 0.25) is 0 Å². The Morgan fingerprint density at radius 1 is 1.35 bits per heavy atom. The van der Waals surface area contributed by atoms with E-state index in [0.717, 1.165) is 11.8 Å². The van der Waals surface area contributed by atoms with Crippen molar-refractivity contribution in [3.05, 3.63) is 5.21 Å². The number of hydrogen-bond donors (Lipinski definition) is 1. The molecule has 0 saturated carbocycles. The zero-order chi connectivity index (χ0) is 23.4. The second-order valence-electron chi connectivity index (χ2n) is 8.21. The average Bonchev–Trinajstić information content (AvgIpc) is 3.07. The highest BCUT2D eigenvalue weighted by atomic mass is 32.2. The summed E-state index contributed by atoms with van der Waals surface area (Å²) in [6, 6.07) is 0.668. The van der Waals surface area contributed by atoms with E-state index in [0.29, 0.717) is 32.4 Å². The van der Waals surface area contributed by atoms with Crippen LogP contribution in [-0.4, -0.2) is 82.2 Å². The molecule has 176 valence electrons. The number of halogens is 3. The maximum atomic E-state index is 13.0. The number of ether oxygens (including phenoxy) is 1. The van der Waals surface area contributed by atoms with E-state index in [2.05, 4.69) is 4.74 Å². The molecule has 0 aliphatic carbocycles. The van der Waals surface area contributed by atoms with E-state index in [4.69, 9.17) is 5.84 Å². The Morgan fingerprint density at radius 3 is 2.48 bits per heavy atom. The van der Waals surface area contributed by atoms with E-state index in [9.17, 15) is 33.2 Å². The number of nitriles is 1. The molecule has 2 aliphatic heterocycles. The quantitative estimate of drug-likeness (QED) is 0.259. The molecule has 31 heavy (non-hydrogen) atoms. The van der Waals surface area contributed by atoms with Gasteiger partial charge in [-0.05, 0) is 5.92 Å². The third-order valence-electron chi connectivity index (χ3n) is 5.38. The summed E-state index contributed by atoms with van der Waals surface area (Å²) in [4.78, 5) is 26.3. The van der Waals surface area contributed by atoms with Crippen LogP contribution in [0.3, 0.4) is 0 Å². The Labute approximate surface area is 183 Å². The number of rotatable bonds is 7. The number of carbonyl (C=O) groups excluding carboxylic acids is 2. The summed E-state index contributed by atoms with van der Waals surface area (Å²) < 4.78 is 40.9. The largest absolute Gasteiger partial charge is 0.611 e. The summed E-state index contributed by atoms with van der Waals surface area (Å²) in [6.45, 7) is 4.45. The third kappa shape index (κ3) is 6.95. The van der Waals surface area contributed by atoms with Crippen molar-refractivity contribution in [2.24, 2.45) is 11.8 Å². The molecule has 0 bridgehead atoms. The van der Waals surface area contributed by atoms with Gasteiger partial charge < -0.3 is 14.8 Å². The number of hydrogen-bond acceptors (Lipinski definition) is 8. The lowest BCUT2D eigenvalue weighted by molar-refractivity contribution is -0.918. The number of esters is 1. The lowest BCUT2D eigenvalue weighted by Gasteiger charge is -2.47. The van der Waals surface area contributed by atoms with Gasteiger partial charge >= 0.3 is 12.1 Å². The van der Waals surface area contributed by atoms with Crippen molar-refractivity contribution >= 4 is 23.6 Å². The van der Waals surface area contributed by atoms with Gasteiger partial charge in [-0.25, -0.2) is 9.69 Å². The molecule has 0 spiro atoms. The maximum absolute atomic E-state index is 13.0. The van der Waals surface area contributed by atoms with E-state index < -0.39 is 34.5 Å². The van der Waals surface area contributed by atoms with Crippen LogP contribution in [-0.2, 0) is 14.3 Å². The molecular weight excluding hydrogens is 439 g/mol. The van der Waals surface area contributed by atoms with Gasteiger partial charge in [0.05, 0.1) is 12.6 Å². The molecule has 2 aliphatic rings. The second-order valence-corrected chi connectivity index (χ2v) is 9.28. The lowest BCUT2D eigenvalue weighted by Crippen LogP contribution is -2.62. The van der Waals surface area contributed by atoms with Crippen molar-refractivity contribution < 1.29 is 32.3 Å². The molecule has 9 nitrogen and oxygen atoms in total. The van der Waals surface area contributed by atoms with Crippen LogP contribution in [0.25, 0.3) is 0 Å². The van der Waals surface area contributed by atoms with Crippen molar-refractivity contribution in [1.82, 2.24) is 9.80 Å². The highest BCUT2D eigenvalue weighted by Gasteiger charge is 2.46. The zero-order valence-electron chi connectivity index (χ0n) is 17.5. The zero-order valence-corrected chi connectivity index (χ0v) is 18.3. The molecule has 0 radical (unpaired) electrons. The number of amides is 1. The van der Waals surface area contributed by atoms with Crippen LogP contribution in [0.1, 0.15) is 33.1 Å². The minimum Gasteiger partial charge on any atom is -0.611 e. The summed E-state index contributed by atoms with van der Waals surface area (Å²) >= 11 is 0.888. The maximum Gasteiger partial charge on any atom is 0.491 e. The Morgan fingerprint density at radius 2 is 1.97 bits per heavy atom. The van der Waals surface area contributed by atoms with Crippen molar-refractivity contribution in [2.75, 3.05) is 31.9 Å². The topological polar surface area (TPSA) is 123 Å². The molecule has 2 heterocycles. The predicted octanol–water partition coefficient (Wildman–Crippen LogP) is 1.54. The standard InChI is InChI=1S/C18H28F3N5O4S/c1-12(2)9-15(27)24-5-3-14(4-6-24)26(23,29)8-7-25-13(10-22)11-31-17(25)30-16(28)18(19,20)21/h12-14,17H,3-9,11,23H2,1-2H3. The van der Waals surface area contributed by atoms with Gasteiger partial charge in [0.1, 0.15) is 18.6 Å². The molecule has 3 atom stereocenters. The van der Waals surface area contributed by atoms with E-state index in [1.54, 1.807) is 4.90 Å². The van der Waals surface area contributed by atoms with E-state index in [1.165, 1.54) is 4.90 Å². The van der Waals surface area contributed by atoms with E-state index in [-0.39, 0.29) is 30.7 Å². The number of thioether (sulfide) groups is 1. The average molecular weight is 468 g/mol. The summed E-state index contributed by atoms with van der Waals surface area (Å²) in [5.74, 6) is 4.02. The van der Waals surface area contributed by atoms with E-state index >= 15 is 0 Å². The van der Waals surface area contributed by atoms with Crippen molar-refractivity contribution in [3.63, 3.8) is 0 Å². The first kappa shape index (κ1) is 25.7. The van der Waals surface area contributed by atoms with Gasteiger partial charge in [-0.2, -0.15) is 24.3 Å². The number of alkyl halides is 3. The van der Waals surface area contributed by atoms with Crippen molar-refractivity contribution in [1.29, 1.82) is 5.26 Å². The minimum atomic E-state index is -5.15. The second kappa shape index (κ2) is 10.4. The predicted molar refractivity (Wildman–Crippen MR) is 106 cm³/mol. The first-order valence-electron chi connectivity index (χ1n) is 10.0. The molecule has 2 fully saturated rings. The van der Waals surface area contributed by atoms with Crippen LogP contribution in [0.5, 0.6) is 0 Å². The highest BCUT2D eigenvalue weighted by molar-refractivity contribution is 8.00. The minimum absolute atomic E-state index is 0.0368. The number of likely N-dealkylation sites (tertiary alicyclic amines) is 1. The molecule has 1 amide bonds. The van der Waals surface area contributed by atoms with Crippen LogP contribution in [0.15, 0.2) is 0 Å². The summed E-state index contributed by atoms with van der Waals surface area (Å²) in [5.41, 5.74) is -1.31. The molecule has 3 unspecified atom stereocenters. The van der Waals surface area contributed by atoms with Gasteiger partial charge in [0.15, 0.2) is 0 Å². The lowest BCUT2D eigenvalue weighted by atomic mass is 10.0. The molecule has 0 aromatic rings. The first-order chi connectivity index (χ1) is 14.3. The van der Waals surface area contributed by atoms with E-state index in [1.807, 2.05) is 19.9 Å². The number of carbonyl (C=O) groups is 2. The summed E-state index contributed by atoms with van der Waals surface area (Å²) in [5, 5.41) is 22.2. The summed E-state index contributed by atoms with van der Waals surface area (Å²) in [6.07, 6.45) is -3.89. The Bertz CT molecular complexity index is 693. The number of nitrogens with zero attached hydrogens (tertiary/aromatic N) is 4. The Kier molecular flexibility index (Phi) is 8.57. The van der Waals surface area contributed by atoms with Gasteiger partial charge in [0.2, 0.25) is 11.5 Å². The number of piperidine rings is 1. The fourth-order valence-corrected chi connectivity index (χ4v) is 4.84. The highest BCUT2D eigenvalue weighted by Crippen LogP contribution is 2.32. The van der Waals surface area contributed by atoms with Gasteiger partial charge in [-0.1, -0.05) is 25.6 Å². The molecule has 2 saturated heterocycles. The van der Waals surface area contributed by atoms with Crippen LogP contribution in [0, 0.1) is 22.5 Å². The normalized spacial score (nSPS) is 25.3. The van der Waals surface area contributed by atoms with Gasteiger partial charge in [-0.15, -0.1) is 0 Å². The van der Waals surface area contributed by atoms with Gasteiger partial charge in [-0.3, -0.25) is 9.55 Å². The number of quaternary nitrogens is 1. The monoisotopic (exact) mass is 467 g/mol. The number of hydroxylamine groups is 2. The smallest absolute Gasteiger partial charge is 0.491 e. The van der Waals surface area contributed by atoms with Gasteiger partial charge in [0.25, 0.3) is 0 Å². The molecule has 0 aromatic heterocycles. The van der Waals surface area contributed by atoms with Gasteiger partial charge in [0, 0.05) is 38.1 Å². The Hall–Kier alpha value is -1.59. The fourth-order valence-electron chi connectivity index (χ4n) is 3.63.